The average molecular weight is 418 g/mol. The van der Waals surface area contributed by atoms with Crippen molar-refractivity contribution in [1.82, 2.24) is 9.29 Å². The van der Waals surface area contributed by atoms with Crippen LogP contribution in [0.15, 0.2) is 52.1 Å². The molecule has 27 heavy (non-hydrogen) atoms. The molecule has 3 aromatic rings. The lowest BCUT2D eigenvalue weighted by atomic mass is 10.2. The van der Waals surface area contributed by atoms with E-state index in [2.05, 4.69) is 14.6 Å². The van der Waals surface area contributed by atoms with Crippen LogP contribution in [-0.2, 0) is 0 Å². The third-order valence-corrected chi connectivity index (χ3v) is 6.67. The molecule has 0 atom stereocenters. The Hall–Kier alpha value is -1.67. The molecule has 1 N–H and O–H groups in total. The number of anilines is 1. The van der Waals surface area contributed by atoms with Gasteiger partial charge in [-0.25, -0.2) is 9.29 Å². The molecule has 0 aliphatic carbocycles. The van der Waals surface area contributed by atoms with Crippen LogP contribution in [0.25, 0.3) is 10.6 Å². The summed E-state index contributed by atoms with van der Waals surface area (Å²) >= 11 is 4.86. The predicted octanol–water partition coefficient (Wildman–Crippen LogP) is 6.25. The minimum atomic E-state index is -0.121. The van der Waals surface area contributed by atoms with Gasteiger partial charge in [-0.2, -0.15) is 0 Å². The van der Waals surface area contributed by atoms with Crippen molar-refractivity contribution in [3.8, 4) is 10.6 Å². The largest absolute Gasteiger partial charge is 0.298 e. The normalized spacial score (nSPS) is 13.9. The Labute approximate surface area is 172 Å². The molecule has 0 bridgehead atoms. The number of rotatable bonds is 5. The van der Waals surface area contributed by atoms with Gasteiger partial charge >= 0.3 is 0 Å². The van der Waals surface area contributed by atoms with E-state index in [1.807, 2.05) is 61.0 Å². The minimum Gasteiger partial charge on any atom is -0.298 e. The molecule has 7 heteroatoms. The number of nitrogens with zero attached hydrogens (tertiary/aromatic N) is 2. The highest BCUT2D eigenvalue weighted by Gasteiger charge is 2.14. The zero-order valence-electron chi connectivity index (χ0n) is 15.5. The van der Waals surface area contributed by atoms with Crippen LogP contribution in [0.3, 0.4) is 0 Å². The zero-order valence-corrected chi connectivity index (χ0v) is 17.9. The molecule has 1 fully saturated rings. The number of carbonyl (C=O) groups excluding carboxylic acids is 1. The average Bonchev–Trinajstić information content (AvgIpc) is 3.46. The van der Waals surface area contributed by atoms with E-state index < -0.39 is 0 Å². The summed E-state index contributed by atoms with van der Waals surface area (Å²) in [5.41, 5.74) is 1.56. The summed E-state index contributed by atoms with van der Waals surface area (Å²) in [6.45, 7) is 6.28. The van der Waals surface area contributed by atoms with Crippen LogP contribution in [0, 0.1) is 0 Å². The standard InChI is InChI=1S/C18H17N3OS3.C2H6/c22-17(20-18-19-15(12-24-18)16-4-3-11-23-16)13-5-7-14(8-6-13)25-21-9-1-2-10-21;1-2/h3-8,11-12H,1-2,9-10H2,(H,19,20,22);1-2H3. The van der Waals surface area contributed by atoms with Crippen LogP contribution in [0.2, 0.25) is 0 Å². The smallest absolute Gasteiger partial charge is 0.257 e. The molecule has 0 spiro atoms. The highest BCUT2D eigenvalue weighted by molar-refractivity contribution is 7.97. The van der Waals surface area contributed by atoms with E-state index in [9.17, 15) is 4.79 Å². The van der Waals surface area contributed by atoms with E-state index in [0.717, 1.165) is 23.7 Å². The van der Waals surface area contributed by atoms with Gasteiger partial charge in [0.15, 0.2) is 5.13 Å². The number of thiophene rings is 1. The Bertz CT molecular complexity index is 838. The highest BCUT2D eigenvalue weighted by atomic mass is 32.2. The maximum absolute atomic E-state index is 12.4. The van der Waals surface area contributed by atoms with E-state index >= 15 is 0 Å². The van der Waals surface area contributed by atoms with Crippen molar-refractivity contribution in [2.24, 2.45) is 0 Å². The first-order valence-electron chi connectivity index (χ1n) is 9.12. The number of aromatic nitrogens is 1. The Morgan fingerprint density at radius 2 is 1.85 bits per heavy atom. The van der Waals surface area contributed by atoms with Crippen LogP contribution < -0.4 is 5.32 Å². The van der Waals surface area contributed by atoms with Gasteiger partial charge in [0.25, 0.3) is 5.91 Å². The quantitative estimate of drug-likeness (QED) is 0.498. The van der Waals surface area contributed by atoms with Gasteiger partial charge in [-0.3, -0.25) is 10.1 Å². The van der Waals surface area contributed by atoms with Crippen molar-refractivity contribution in [2.45, 2.75) is 31.6 Å². The van der Waals surface area contributed by atoms with Crippen molar-refractivity contribution >= 4 is 45.7 Å². The Morgan fingerprint density at radius 3 is 2.52 bits per heavy atom. The number of nitrogens with one attached hydrogen (secondary N) is 1. The Morgan fingerprint density at radius 1 is 1.11 bits per heavy atom. The summed E-state index contributed by atoms with van der Waals surface area (Å²) in [6.07, 6.45) is 2.55. The monoisotopic (exact) mass is 417 g/mol. The van der Waals surface area contributed by atoms with Crippen molar-refractivity contribution in [3.05, 3.63) is 52.7 Å². The molecule has 2 aromatic heterocycles. The Balaban J connectivity index is 0.00000102. The van der Waals surface area contributed by atoms with Crippen LogP contribution in [0.5, 0.6) is 0 Å². The lowest BCUT2D eigenvalue weighted by molar-refractivity contribution is 0.102. The molecule has 1 aliphatic heterocycles. The fourth-order valence-electron chi connectivity index (χ4n) is 2.63. The molecule has 142 valence electrons. The van der Waals surface area contributed by atoms with E-state index in [1.54, 1.807) is 23.3 Å². The second-order valence-corrected chi connectivity index (χ2v) is 8.70. The third-order valence-electron chi connectivity index (χ3n) is 3.91. The van der Waals surface area contributed by atoms with Gasteiger partial charge in [-0.15, -0.1) is 22.7 Å². The van der Waals surface area contributed by atoms with Crippen molar-refractivity contribution in [1.29, 1.82) is 0 Å². The fourth-order valence-corrected chi connectivity index (χ4v) is 5.10. The second-order valence-electron chi connectivity index (χ2n) is 5.72. The molecule has 0 radical (unpaired) electrons. The maximum atomic E-state index is 12.4. The summed E-state index contributed by atoms with van der Waals surface area (Å²) in [4.78, 5) is 19.2. The highest BCUT2D eigenvalue weighted by Crippen LogP contribution is 2.29. The Kier molecular flexibility index (Phi) is 7.46. The molecule has 0 unspecified atom stereocenters. The zero-order chi connectivity index (χ0) is 19.1. The number of carbonyl (C=O) groups is 1. The minimum absolute atomic E-state index is 0.121. The summed E-state index contributed by atoms with van der Waals surface area (Å²) in [5, 5.41) is 7.51. The topological polar surface area (TPSA) is 45.2 Å². The first-order valence-corrected chi connectivity index (χ1v) is 11.6. The molecular formula is C20H23N3OS3. The molecule has 1 saturated heterocycles. The van der Waals surface area contributed by atoms with E-state index in [1.165, 1.54) is 29.1 Å². The lowest BCUT2D eigenvalue weighted by Gasteiger charge is -2.13. The SMILES string of the molecule is CC.O=C(Nc1nc(-c2cccs2)cs1)c1ccc(SN2CCCC2)cc1. The van der Waals surface area contributed by atoms with Gasteiger partial charge in [0.2, 0.25) is 0 Å². The van der Waals surface area contributed by atoms with Crippen LogP contribution in [0.1, 0.15) is 37.0 Å². The molecule has 1 aliphatic rings. The van der Waals surface area contributed by atoms with Crippen LogP contribution in [0.4, 0.5) is 5.13 Å². The van der Waals surface area contributed by atoms with Gasteiger partial charge in [-0.1, -0.05) is 19.9 Å². The van der Waals surface area contributed by atoms with Crippen LogP contribution >= 0.6 is 34.6 Å². The lowest BCUT2D eigenvalue weighted by Crippen LogP contribution is -2.12. The number of hydrogen-bond acceptors (Lipinski definition) is 6. The predicted molar refractivity (Wildman–Crippen MR) is 118 cm³/mol. The van der Waals surface area contributed by atoms with Crippen molar-refractivity contribution in [3.63, 3.8) is 0 Å². The maximum Gasteiger partial charge on any atom is 0.257 e. The number of amides is 1. The number of benzene rings is 1. The molecular weight excluding hydrogens is 394 g/mol. The van der Waals surface area contributed by atoms with Gasteiger partial charge in [-0.05, 0) is 60.5 Å². The summed E-state index contributed by atoms with van der Waals surface area (Å²) in [5.74, 6) is -0.121. The van der Waals surface area contributed by atoms with Crippen LogP contribution in [-0.4, -0.2) is 28.3 Å². The number of hydrogen-bond donors (Lipinski definition) is 1. The molecule has 4 rings (SSSR count). The van der Waals surface area contributed by atoms with Gasteiger partial charge in [0.05, 0.1) is 10.6 Å². The van der Waals surface area contributed by atoms with Gasteiger partial charge in [0.1, 0.15) is 0 Å². The molecule has 4 nitrogen and oxygen atoms in total. The van der Waals surface area contributed by atoms with E-state index in [-0.39, 0.29) is 5.91 Å². The van der Waals surface area contributed by atoms with E-state index in [0.29, 0.717) is 10.7 Å². The van der Waals surface area contributed by atoms with Crippen molar-refractivity contribution < 1.29 is 4.79 Å². The molecule has 1 aromatic carbocycles. The van der Waals surface area contributed by atoms with Gasteiger partial charge < -0.3 is 0 Å². The third kappa shape index (κ3) is 5.42. The number of thiazole rings is 1. The summed E-state index contributed by atoms with van der Waals surface area (Å²) in [6, 6.07) is 11.8. The summed E-state index contributed by atoms with van der Waals surface area (Å²) < 4.78 is 2.37. The van der Waals surface area contributed by atoms with Gasteiger partial charge in [0, 0.05) is 28.9 Å². The first-order chi connectivity index (χ1) is 13.3. The first kappa shape index (κ1) is 20.1. The van der Waals surface area contributed by atoms with Crippen molar-refractivity contribution in [2.75, 3.05) is 18.4 Å². The summed E-state index contributed by atoms with van der Waals surface area (Å²) in [7, 11) is 0. The molecule has 3 heterocycles. The fraction of sp³-hybridized carbons (Fsp3) is 0.300. The molecule has 0 saturated carbocycles. The molecule has 1 amide bonds. The van der Waals surface area contributed by atoms with E-state index in [4.69, 9.17) is 0 Å². The second kappa shape index (κ2) is 10.0.